The van der Waals surface area contributed by atoms with Crippen LogP contribution >= 0.6 is 15.9 Å². The van der Waals surface area contributed by atoms with E-state index in [-0.39, 0.29) is 6.09 Å². The highest BCUT2D eigenvalue weighted by molar-refractivity contribution is 9.10. The molecule has 0 aliphatic carbocycles. The van der Waals surface area contributed by atoms with Crippen molar-refractivity contribution in [1.29, 1.82) is 5.26 Å². The van der Waals surface area contributed by atoms with Crippen LogP contribution in [-0.2, 0) is 4.74 Å². The van der Waals surface area contributed by atoms with E-state index in [1.165, 1.54) is 11.3 Å². The normalized spacial score (nSPS) is 17.2. The van der Waals surface area contributed by atoms with Crippen LogP contribution < -0.4 is 9.64 Å². The largest absolute Gasteiger partial charge is 0.494 e. The number of carbonyl (C=O) groups is 1. The molecule has 2 saturated heterocycles. The molecule has 2 aromatic carbocycles. The molecule has 1 amide bonds. The molecular formula is C30H39BrN4O3. The van der Waals surface area contributed by atoms with E-state index in [0.29, 0.717) is 31.2 Å². The van der Waals surface area contributed by atoms with E-state index in [4.69, 9.17) is 14.7 Å². The Balaban J connectivity index is 1.14. The Morgan fingerprint density at radius 1 is 1.03 bits per heavy atom. The highest BCUT2D eigenvalue weighted by atomic mass is 79.9. The summed E-state index contributed by atoms with van der Waals surface area (Å²) in [5, 5.41) is 9.15. The van der Waals surface area contributed by atoms with Crippen molar-refractivity contribution in [3.8, 4) is 11.8 Å². The summed E-state index contributed by atoms with van der Waals surface area (Å²) in [5.74, 6) is 1.48. The van der Waals surface area contributed by atoms with Crippen molar-refractivity contribution >= 4 is 27.7 Å². The third-order valence-corrected chi connectivity index (χ3v) is 7.85. The lowest BCUT2D eigenvalue weighted by molar-refractivity contribution is 0.0142. The van der Waals surface area contributed by atoms with Gasteiger partial charge in [-0.1, -0.05) is 12.1 Å². The number of amides is 1. The van der Waals surface area contributed by atoms with Crippen LogP contribution in [0.5, 0.6) is 5.75 Å². The molecule has 0 unspecified atom stereocenters. The predicted octanol–water partition coefficient (Wildman–Crippen LogP) is 6.03. The minimum atomic E-state index is -0.452. The van der Waals surface area contributed by atoms with E-state index in [9.17, 15) is 4.79 Å². The van der Waals surface area contributed by atoms with Gasteiger partial charge < -0.3 is 19.3 Å². The lowest BCUT2D eigenvalue weighted by Gasteiger charge is -2.35. The maximum absolute atomic E-state index is 12.2. The molecule has 2 aliphatic heterocycles. The predicted molar refractivity (Wildman–Crippen MR) is 154 cm³/mol. The van der Waals surface area contributed by atoms with E-state index >= 15 is 0 Å². The summed E-state index contributed by atoms with van der Waals surface area (Å²) in [6, 6.07) is 16.8. The number of nitriles is 1. The molecule has 0 bridgehead atoms. The van der Waals surface area contributed by atoms with Crippen LogP contribution in [-0.4, -0.2) is 73.9 Å². The Morgan fingerprint density at radius 2 is 1.71 bits per heavy atom. The minimum Gasteiger partial charge on any atom is -0.494 e. The molecular weight excluding hydrogens is 544 g/mol. The van der Waals surface area contributed by atoms with Gasteiger partial charge in [-0.3, -0.25) is 4.90 Å². The number of anilines is 1. The Hall–Kier alpha value is -2.76. The van der Waals surface area contributed by atoms with Gasteiger partial charge in [0.2, 0.25) is 0 Å². The fourth-order valence-electron chi connectivity index (χ4n) is 5.06. The van der Waals surface area contributed by atoms with E-state index in [1.54, 1.807) is 4.90 Å². The number of hydrogen-bond donors (Lipinski definition) is 0. The van der Waals surface area contributed by atoms with Gasteiger partial charge in [0.1, 0.15) is 17.4 Å². The molecule has 0 radical (unpaired) electrons. The van der Waals surface area contributed by atoms with E-state index in [0.717, 1.165) is 62.2 Å². The molecule has 0 N–H and O–H groups in total. The molecule has 4 rings (SSSR count). The van der Waals surface area contributed by atoms with Crippen molar-refractivity contribution in [3.63, 3.8) is 0 Å². The fourth-order valence-corrected chi connectivity index (χ4v) is 5.51. The maximum atomic E-state index is 12.2. The van der Waals surface area contributed by atoms with Crippen LogP contribution in [0.4, 0.5) is 10.5 Å². The highest BCUT2D eigenvalue weighted by Crippen LogP contribution is 2.32. The van der Waals surface area contributed by atoms with Gasteiger partial charge in [-0.2, -0.15) is 5.26 Å². The van der Waals surface area contributed by atoms with Crippen LogP contribution in [0, 0.1) is 11.3 Å². The maximum Gasteiger partial charge on any atom is 0.410 e. The van der Waals surface area contributed by atoms with Gasteiger partial charge in [0, 0.05) is 56.0 Å². The first-order chi connectivity index (χ1) is 18.2. The van der Waals surface area contributed by atoms with Gasteiger partial charge in [-0.05, 0) is 97.8 Å². The second kappa shape index (κ2) is 12.9. The third kappa shape index (κ3) is 7.87. The summed E-state index contributed by atoms with van der Waals surface area (Å²) in [7, 11) is 0. The molecule has 8 heteroatoms. The Labute approximate surface area is 235 Å². The fraction of sp³-hybridized carbons (Fsp3) is 0.533. The third-order valence-electron chi connectivity index (χ3n) is 7.20. The molecule has 204 valence electrons. The molecule has 0 aromatic heterocycles. The van der Waals surface area contributed by atoms with Crippen molar-refractivity contribution in [2.75, 3.05) is 57.3 Å². The number of piperidine rings is 1. The monoisotopic (exact) mass is 582 g/mol. The number of benzene rings is 2. The van der Waals surface area contributed by atoms with Crippen LogP contribution in [0.1, 0.15) is 57.1 Å². The molecule has 0 saturated carbocycles. The molecule has 0 spiro atoms. The number of halogens is 1. The standard InChI is InChI=1S/C30H39BrN4O3/c1-30(2,3)38-29(36)35-18-16-33(17-19-35)13-4-20-37-27-9-6-23(7-10-27)24-11-14-34(15-12-24)26-8-5-25(22-32)28(31)21-26/h5-10,21,24H,4,11-20H2,1-3H3. The smallest absolute Gasteiger partial charge is 0.410 e. The highest BCUT2D eigenvalue weighted by Gasteiger charge is 2.26. The topological polar surface area (TPSA) is 69.0 Å². The molecule has 2 aromatic rings. The van der Waals surface area contributed by atoms with Crippen molar-refractivity contribution in [2.45, 2.75) is 51.6 Å². The molecule has 0 atom stereocenters. The van der Waals surface area contributed by atoms with Crippen molar-refractivity contribution in [2.24, 2.45) is 0 Å². The van der Waals surface area contributed by atoms with Gasteiger partial charge >= 0.3 is 6.09 Å². The summed E-state index contributed by atoms with van der Waals surface area (Å²) >= 11 is 3.51. The summed E-state index contributed by atoms with van der Waals surface area (Å²) in [5.41, 5.74) is 2.76. The first-order valence-electron chi connectivity index (χ1n) is 13.6. The number of hydrogen-bond acceptors (Lipinski definition) is 6. The number of nitrogens with zero attached hydrogens (tertiary/aromatic N) is 4. The SMILES string of the molecule is CC(C)(C)OC(=O)N1CCN(CCCOc2ccc(C3CCN(c4ccc(C#N)c(Br)c4)CC3)cc2)CC1. The quantitative estimate of drug-likeness (QED) is 0.371. The zero-order chi connectivity index (χ0) is 27.1. The summed E-state index contributed by atoms with van der Waals surface area (Å²) in [6.07, 6.45) is 2.96. The zero-order valence-corrected chi connectivity index (χ0v) is 24.4. The summed E-state index contributed by atoms with van der Waals surface area (Å²) in [4.78, 5) is 18.8. The van der Waals surface area contributed by atoms with Crippen LogP contribution in [0.15, 0.2) is 46.9 Å². The number of carbonyl (C=O) groups excluding carboxylic acids is 1. The molecule has 2 heterocycles. The van der Waals surface area contributed by atoms with Crippen LogP contribution in [0.3, 0.4) is 0 Å². The average molecular weight is 584 g/mol. The second-order valence-corrected chi connectivity index (χ2v) is 12.0. The van der Waals surface area contributed by atoms with Gasteiger partial charge in [0.25, 0.3) is 0 Å². The van der Waals surface area contributed by atoms with E-state index in [1.807, 2.05) is 32.9 Å². The number of ether oxygens (including phenoxy) is 2. The first kappa shape index (κ1) is 28.3. The van der Waals surface area contributed by atoms with E-state index < -0.39 is 5.60 Å². The van der Waals surface area contributed by atoms with Gasteiger partial charge in [0.05, 0.1) is 12.2 Å². The number of rotatable bonds is 7. The molecule has 2 aliphatic rings. The van der Waals surface area contributed by atoms with Crippen molar-refractivity contribution < 1.29 is 14.3 Å². The van der Waals surface area contributed by atoms with Gasteiger partial charge in [0.15, 0.2) is 0 Å². The van der Waals surface area contributed by atoms with Crippen molar-refractivity contribution in [3.05, 3.63) is 58.1 Å². The van der Waals surface area contributed by atoms with Crippen LogP contribution in [0.25, 0.3) is 0 Å². The minimum absolute atomic E-state index is 0.214. The lowest BCUT2D eigenvalue weighted by Crippen LogP contribution is -2.50. The summed E-state index contributed by atoms with van der Waals surface area (Å²) in [6.45, 7) is 12.5. The molecule has 38 heavy (non-hydrogen) atoms. The Bertz CT molecular complexity index is 1110. The first-order valence-corrected chi connectivity index (χ1v) is 14.4. The Kier molecular flexibility index (Phi) is 9.56. The van der Waals surface area contributed by atoms with Crippen molar-refractivity contribution in [1.82, 2.24) is 9.80 Å². The van der Waals surface area contributed by atoms with Gasteiger partial charge in [-0.25, -0.2) is 4.79 Å². The summed E-state index contributed by atoms with van der Waals surface area (Å²) < 4.78 is 12.3. The lowest BCUT2D eigenvalue weighted by atomic mass is 9.89. The number of piperazine rings is 1. The zero-order valence-electron chi connectivity index (χ0n) is 22.8. The Morgan fingerprint density at radius 3 is 2.32 bits per heavy atom. The van der Waals surface area contributed by atoms with Crippen LogP contribution in [0.2, 0.25) is 0 Å². The molecule has 2 fully saturated rings. The van der Waals surface area contributed by atoms with E-state index in [2.05, 4.69) is 62.1 Å². The second-order valence-electron chi connectivity index (χ2n) is 11.1. The average Bonchev–Trinajstić information content (AvgIpc) is 2.91. The molecule has 7 nitrogen and oxygen atoms in total. The van der Waals surface area contributed by atoms with Gasteiger partial charge in [-0.15, -0.1) is 0 Å².